The van der Waals surface area contributed by atoms with Gasteiger partial charge >= 0.3 is 5.97 Å². The van der Waals surface area contributed by atoms with Crippen molar-refractivity contribution in [2.45, 2.75) is 13.3 Å². The Morgan fingerprint density at radius 2 is 2.14 bits per heavy atom. The quantitative estimate of drug-likeness (QED) is 0.872. The molecule has 1 amide bonds. The van der Waals surface area contributed by atoms with Gasteiger partial charge in [0, 0.05) is 17.3 Å². The molecule has 8 heteroatoms. The zero-order chi connectivity index (χ0) is 15.7. The Morgan fingerprint density at radius 3 is 2.91 bits per heavy atom. The number of fused-ring (bicyclic) bond motifs is 1. The predicted molar refractivity (Wildman–Crippen MR) is 79.2 cm³/mol. The van der Waals surface area contributed by atoms with Crippen LogP contribution in [0, 0.1) is 0 Å². The Morgan fingerprint density at radius 1 is 1.36 bits per heavy atom. The molecule has 0 bridgehead atoms. The predicted octanol–water partition coefficient (Wildman–Crippen LogP) is 1.84. The molecule has 0 saturated heterocycles. The van der Waals surface area contributed by atoms with Crippen molar-refractivity contribution in [1.82, 2.24) is 15.4 Å². The number of nitrogens with zero attached hydrogens (tertiary/aromatic N) is 3. The van der Waals surface area contributed by atoms with Crippen LogP contribution in [0.5, 0.6) is 0 Å². The van der Waals surface area contributed by atoms with E-state index < -0.39 is 11.9 Å². The Bertz CT molecular complexity index is 743. The number of carbonyl (C=O) groups is 2. The van der Waals surface area contributed by atoms with Crippen molar-refractivity contribution in [1.29, 1.82) is 0 Å². The highest BCUT2D eigenvalue weighted by Crippen LogP contribution is 2.31. The molecular formula is C14H13ClN4O3. The minimum atomic E-state index is -0.671. The van der Waals surface area contributed by atoms with Crippen LogP contribution in [0.25, 0.3) is 0 Å². The van der Waals surface area contributed by atoms with E-state index in [0.717, 1.165) is 11.3 Å². The highest BCUT2D eigenvalue weighted by atomic mass is 35.5. The van der Waals surface area contributed by atoms with Crippen LogP contribution in [0.2, 0.25) is 5.02 Å². The summed E-state index contributed by atoms with van der Waals surface area (Å²) in [5.74, 6) is -1.06. The molecule has 7 nitrogen and oxygen atoms in total. The molecular weight excluding hydrogens is 308 g/mol. The van der Waals surface area contributed by atoms with Crippen LogP contribution < -0.4 is 4.90 Å². The summed E-state index contributed by atoms with van der Waals surface area (Å²) >= 11 is 5.96. The van der Waals surface area contributed by atoms with Crippen molar-refractivity contribution in [2.24, 2.45) is 0 Å². The van der Waals surface area contributed by atoms with Gasteiger partial charge in [-0.05, 0) is 37.1 Å². The summed E-state index contributed by atoms with van der Waals surface area (Å²) in [7, 11) is 0. The molecule has 1 N–H and O–H groups in total. The molecule has 1 aromatic heterocycles. The topological polar surface area (TPSA) is 88.2 Å². The number of anilines is 1. The number of H-pyrrole nitrogens is 1. The van der Waals surface area contributed by atoms with Crippen molar-refractivity contribution >= 4 is 29.2 Å². The van der Waals surface area contributed by atoms with Crippen LogP contribution in [0.1, 0.15) is 33.5 Å². The summed E-state index contributed by atoms with van der Waals surface area (Å²) in [6.07, 6.45) is 0.703. The third-order valence-electron chi connectivity index (χ3n) is 3.40. The summed E-state index contributed by atoms with van der Waals surface area (Å²) in [5.41, 5.74) is 1.62. The largest absolute Gasteiger partial charge is 0.461 e. The summed E-state index contributed by atoms with van der Waals surface area (Å²) < 4.78 is 4.88. The standard InChI is InChI=1S/C14H13ClN4O3/c1-2-22-14(21)12-11(16-18-17-12)13(20)19-6-5-8-7-9(15)3-4-10(8)19/h3-4,7H,2,5-6H2,1H3,(H,16,17,18). The fourth-order valence-electron chi connectivity index (χ4n) is 2.43. The van der Waals surface area contributed by atoms with E-state index in [2.05, 4.69) is 15.4 Å². The van der Waals surface area contributed by atoms with Gasteiger partial charge in [0.15, 0.2) is 5.69 Å². The molecule has 0 atom stereocenters. The van der Waals surface area contributed by atoms with Gasteiger partial charge in [-0.25, -0.2) is 4.79 Å². The maximum absolute atomic E-state index is 12.6. The normalized spacial score (nSPS) is 13.1. The molecule has 0 spiro atoms. The van der Waals surface area contributed by atoms with E-state index in [9.17, 15) is 9.59 Å². The van der Waals surface area contributed by atoms with E-state index in [4.69, 9.17) is 16.3 Å². The van der Waals surface area contributed by atoms with Crippen molar-refractivity contribution in [3.8, 4) is 0 Å². The van der Waals surface area contributed by atoms with Crippen LogP contribution >= 0.6 is 11.6 Å². The molecule has 1 aliphatic rings. The lowest BCUT2D eigenvalue weighted by Gasteiger charge is -2.16. The number of halogens is 1. The van der Waals surface area contributed by atoms with Crippen molar-refractivity contribution in [2.75, 3.05) is 18.1 Å². The number of nitrogens with one attached hydrogen (secondary N) is 1. The first kappa shape index (κ1) is 14.5. The van der Waals surface area contributed by atoms with Gasteiger partial charge in [-0.15, -0.1) is 10.2 Å². The number of amides is 1. The van der Waals surface area contributed by atoms with Gasteiger partial charge in [0.25, 0.3) is 5.91 Å². The second kappa shape index (κ2) is 5.76. The van der Waals surface area contributed by atoms with Crippen LogP contribution in [-0.4, -0.2) is 40.4 Å². The van der Waals surface area contributed by atoms with Crippen LogP contribution in [0.3, 0.4) is 0 Å². The number of benzene rings is 1. The van der Waals surface area contributed by atoms with E-state index >= 15 is 0 Å². The first-order chi connectivity index (χ1) is 10.6. The Labute approximate surface area is 131 Å². The smallest absolute Gasteiger partial charge is 0.361 e. The number of carbonyl (C=O) groups excluding carboxylic acids is 2. The van der Waals surface area contributed by atoms with Crippen molar-refractivity contribution in [3.63, 3.8) is 0 Å². The second-order valence-corrected chi connectivity index (χ2v) is 5.16. The van der Waals surface area contributed by atoms with E-state index in [1.165, 1.54) is 0 Å². The number of hydrogen-bond donors (Lipinski definition) is 1. The molecule has 1 aliphatic heterocycles. The molecule has 1 aromatic carbocycles. The first-order valence-electron chi connectivity index (χ1n) is 6.80. The van der Waals surface area contributed by atoms with E-state index in [0.29, 0.717) is 18.0 Å². The Hall–Kier alpha value is -2.41. The van der Waals surface area contributed by atoms with Gasteiger partial charge in [0.1, 0.15) is 0 Å². The highest BCUT2D eigenvalue weighted by molar-refractivity contribution is 6.30. The fraction of sp³-hybridized carbons (Fsp3) is 0.286. The highest BCUT2D eigenvalue weighted by Gasteiger charge is 2.31. The lowest BCUT2D eigenvalue weighted by Crippen LogP contribution is -2.30. The number of aromatic amines is 1. The van der Waals surface area contributed by atoms with Gasteiger partial charge in [-0.3, -0.25) is 4.79 Å². The average Bonchev–Trinajstić information content (AvgIpc) is 3.13. The molecule has 22 heavy (non-hydrogen) atoms. The van der Waals surface area contributed by atoms with Crippen molar-refractivity contribution < 1.29 is 14.3 Å². The van der Waals surface area contributed by atoms with E-state index in [1.807, 2.05) is 6.07 Å². The van der Waals surface area contributed by atoms with Gasteiger partial charge in [0.2, 0.25) is 5.69 Å². The molecule has 0 saturated carbocycles. The molecule has 0 fully saturated rings. The van der Waals surface area contributed by atoms with Crippen molar-refractivity contribution in [3.05, 3.63) is 40.2 Å². The van der Waals surface area contributed by atoms with Gasteiger partial charge in [0.05, 0.1) is 6.61 Å². The SMILES string of the molecule is CCOC(=O)c1n[nH]nc1C(=O)N1CCc2cc(Cl)ccc21. The summed E-state index contributed by atoms with van der Waals surface area (Å²) in [6, 6.07) is 5.34. The molecule has 0 unspecified atom stereocenters. The summed E-state index contributed by atoms with van der Waals surface area (Å²) in [6.45, 7) is 2.38. The molecule has 2 heterocycles. The maximum Gasteiger partial charge on any atom is 0.361 e. The zero-order valence-electron chi connectivity index (χ0n) is 11.8. The van der Waals surface area contributed by atoms with E-state index in [1.54, 1.807) is 24.0 Å². The van der Waals surface area contributed by atoms with Crippen LogP contribution in [0.15, 0.2) is 18.2 Å². The average molecular weight is 321 g/mol. The molecule has 3 rings (SSSR count). The monoisotopic (exact) mass is 320 g/mol. The third-order valence-corrected chi connectivity index (χ3v) is 3.64. The number of hydrogen-bond acceptors (Lipinski definition) is 5. The summed E-state index contributed by atoms with van der Waals surface area (Å²) in [4.78, 5) is 26.0. The van der Waals surface area contributed by atoms with Crippen LogP contribution in [-0.2, 0) is 11.2 Å². The Balaban J connectivity index is 1.91. The Kier molecular flexibility index (Phi) is 3.81. The van der Waals surface area contributed by atoms with E-state index in [-0.39, 0.29) is 18.0 Å². The number of rotatable bonds is 3. The summed E-state index contributed by atoms with van der Waals surface area (Å²) in [5, 5.41) is 10.5. The van der Waals surface area contributed by atoms with Gasteiger partial charge < -0.3 is 9.64 Å². The fourth-order valence-corrected chi connectivity index (χ4v) is 2.63. The molecule has 0 aliphatic carbocycles. The zero-order valence-corrected chi connectivity index (χ0v) is 12.6. The first-order valence-corrected chi connectivity index (χ1v) is 7.17. The number of esters is 1. The lowest BCUT2D eigenvalue weighted by molar-refractivity contribution is 0.0516. The number of aromatic nitrogens is 3. The van der Waals surface area contributed by atoms with Gasteiger partial charge in [-0.2, -0.15) is 5.21 Å². The van der Waals surface area contributed by atoms with Gasteiger partial charge in [-0.1, -0.05) is 11.6 Å². The number of ether oxygens (including phenoxy) is 1. The third kappa shape index (κ3) is 2.43. The second-order valence-electron chi connectivity index (χ2n) is 4.72. The minimum absolute atomic E-state index is 0.0405. The maximum atomic E-state index is 12.6. The molecule has 0 radical (unpaired) electrons. The molecule has 114 valence electrons. The van der Waals surface area contributed by atoms with Crippen LogP contribution in [0.4, 0.5) is 5.69 Å². The lowest BCUT2D eigenvalue weighted by atomic mass is 10.2. The molecule has 2 aromatic rings. The minimum Gasteiger partial charge on any atom is -0.461 e.